The molecular weight excluding hydrogens is 282 g/mol. The van der Waals surface area contributed by atoms with Crippen LogP contribution in [-0.4, -0.2) is 18.5 Å². The molecule has 5 heteroatoms. The monoisotopic (exact) mass is 298 g/mol. The molecule has 114 valence electrons. The standard InChI is InChI=1S/C17H17NO4/c1-12-4-2-3-5-15(12)22-11-16(19)18-14-8-6-13(7-9-14)10-17(20)21/h2-9H,10-11H2,1H3,(H,18,19)(H,20,21)/p-1. The number of carboxylic acids is 1. The molecule has 0 aliphatic rings. The molecule has 0 spiro atoms. The lowest BCUT2D eigenvalue weighted by atomic mass is 10.1. The molecule has 2 aromatic carbocycles. The van der Waals surface area contributed by atoms with Crippen molar-refractivity contribution in [1.82, 2.24) is 0 Å². The van der Waals surface area contributed by atoms with Crippen molar-refractivity contribution in [3.63, 3.8) is 0 Å². The molecule has 0 atom stereocenters. The highest BCUT2D eigenvalue weighted by Gasteiger charge is 2.05. The molecule has 0 radical (unpaired) electrons. The van der Waals surface area contributed by atoms with Crippen LogP contribution in [0.3, 0.4) is 0 Å². The zero-order chi connectivity index (χ0) is 15.9. The number of aryl methyl sites for hydroxylation is 1. The van der Waals surface area contributed by atoms with E-state index in [9.17, 15) is 14.7 Å². The van der Waals surface area contributed by atoms with E-state index in [0.717, 1.165) is 5.56 Å². The Bertz CT molecular complexity index is 665. The summed E-state index contributed by atoms with van der Waals surface area (Å²) in [6, 6.07) is 14.0. The van der Waals surface area contributed by atoms with Crippen LogP contribution in [0.4, 0.5) is 5.69 Å². The summed E-state index contributed by atoms with van der Waals surface area (Å²) in [5, 5.41) is 13.2. The minimum absolute atomic E-state index is 0.0916. The normalized spacial score (nSPS) is 10.0. The number of para-hydroxylation sites is 1. The van der Waals surface area contributed by atoms with Crippen LogP contribution in [0.15, 0.2) is 48.5 Å². The van der Waals surface area contributed by atoms with Gasteiger partial charge in [-0.05, 0) is 36.2 Å². The Kier molecular flexibility index (Phi) is 5.14. The molecule has 0 aliphatic carbocycles. The van der Waals surface area contributed by atoms with Crippen LogP contribution in [0.1, 0.15) is 11.1 Å². The second kappa shape index (κ2) is 7.26. The number of nitrogens with one attached hydrogen (secondary N) is 1. The van der Waals surface area contributed by atoms with Crippen molar-refractivity contribution in [2.75, 3.05) is 11.9 Å². The summed E-state index contributed by atoms with van der Waals surface area (Å²) in [5.74, 6) is -0.749. The zero-order valence-corrected chi connectivity index (χ0v) is 12.2. The highest BCUT2D eigenvalue weighted by Crippen LogP contribution is 2.16. The number of amides is 1. The third-order valence-corrected chi connectivity index (χ3v) is 3.04. The van der Waals surface area contributed by atoms with Gasteiger partial charge in [0.2, 0.25) is 0 Å². The number of hydrogen-bond acceptors (Lipinski definition) is 4. The molecule has 0 bridgehead atoms. The summed E-state index contributed by atoms with van der Waals surface area (Å²) >= 11 is 0. The fraction of sp³-hybridized carbons (Fsp3) is 0.176. The Hall–Kier alpha value is -2.82. The highest BCUT2D eigenvalue weighted by molar-refractivity contribution is 5.91. The number of carbonyl (C=O) groups excluding carboxylic acids is 2. The molecule has 1 amide bonds. The van der Waals surface area contributed by atoms with Crippen LogP contribution in [0.25, 0.3) is 0 Å². The van der Waals surface area contributed by atoms with Crippen LogP contribution in [0.2, 0.25) is 0 Å². The zero-order valence-electron chi connectivity index (χ0n) is 12.2. The van der Waals surface area contributed by atoms with E-state index in [-0.39, 0.29) is 18.9 Å². The first kappa shape index (κ1) is 15.6. The predicted molar refractivity (Wildman–Crippen MR) is 80.5 cm³/mol. The van der Waals surface area contributed by atoms with Crippen LogP contribution in [-0.2, 0) is 16.0 Å². The highest BCUT2D eigenvalue weighted by atomic mass is 16.5. The number of anilines is 1. The van der Waals surface area contributed by atoms with Gasteiger partial charge in [-0.2, -0.15) is 0 Å². The SMILES string of the molecule is Cc1ccccc1OCC(=O)Nc1ccc(CC(=O)[O-])cc1. The molecule has 0 saturated heterocycles. The lowest BCUT2D eigenvalue weighted by Crippen LogP contribution is -2.24. The summed E-state index contributed by atoms with van der Waals surface area (Å²) in [6.45, 7) is 1.81. The number of rotatable bonds is 6. The largest absolute Gasteiger partial charge is 0.550 e. The summed E-state index contributed by atoms with van der Waals surface area (Å²) in [7, 11) is 0. The van der Waals surface area contributed by atoms with Gasteiger partial charge in [0.15, 0.2) is 6.61 Å². The maximum Gasteiger partial charge on any atom is 0.262 e. The molecule has 1 N–H and O–H groups in total. The molecule has 0 unspecified atom stereocenters. The Morgan fingerprint density at radius 1 is 1.09 bits per heavy atom. The summed E-state index contributed by atoms with van der Waals surface area (Å²) in [6.07, 6.45) is -0.148. The van der Waals surface area contributed by atoms with Gasteiger partial charge in [-0.3, -0.25) is 4.79 Å². The average Bonchev–Trinajstić information content (AvgIpc) is 2.48. The second-order valence-corrected chi connectivity index (χ2v) is 4.85. The maximum atomic E-state index is 11.8. The Morgan fingerprint density at radius 3 is 2.41 bits per heavy atom. The second-order valence-electron chi connectivity index (χ2n) is 4.85. The Labute approximate surface area is 128 Å². The first-order valence-corrected chi connectivity index (χ1v) is 6.81. The van der Waals surface area contributed by atoms with Gasteiger partial charge in [0, 0.05) is 18.1 Å². The summed E-state index contributed by atoms with van der Waals surface area (Å²) in [4.78, 5) is 22.3. The minimum Gasteiger partial charge on any atom is -0.550 e. The van der Waals surface area contributed by atoms with E-state index < -0.39 is 5.97 Å². The van der Waals surface area contributed by atoms with E-state index in [1.54, 1.807) is 30.3 Å². The van der Waals surface area contributed by atoms with E-state index >= 15 is 0 Å². The van der Waals surface area contributed by atoms with Gasteiger partial charge in [0.25, 0.3) is 5.91 Å². The van der Waals surface area contributed by atoms with Crippen molar-refractivity contribution in [1.29, 1.82) is 0 Å². The quantitative estimate of drug-likeness (QED) is 0.872. The Morgan fingerprint density at radius 2 is 1.77 bits per heavy atom. The number of hydrogen-bond donors (Lipinski definition) is 1. The van der Waals surface area contributed by atoms with Crippen LogP contribution in [0.5, 0.6) is 5.75 Å². The van der Waals surface area contributed by atoms with Gasteiger partial charge in [-0.1, -0.05) is 30.3 Å². The van der Waals surface area contributed by atoms with Crippen molar-refractivity contribution in [3.05, 3.63) is 59.7 Å². The van der Waals surface area contributed by atoms with Gasteiger partial charge in [-0.15, -0.1) is 0 Å². The first-order chi connectivity index (χ1) is 10.5. The maximum absolute atomic E-state index is 11.8. The molecular formula is C17H16NO4-. The van der Waals surface area contributed by atoms with Crippen molar-refractivity contribution in [2.24, 2.45) is 0 Å². The smallest absolute Gasteiger partial charge is 0.262 e. The van der Waals surface area contributed by atoms with Crippen LogP contribution in [0, 0.1) is 6.92 Å². The molecule has 0 fully saturated rings. The van der Waals surface area contributed by atoms with Gasteiger partial charge in [-0.25, -0.2) is 0 Å². The third kappa shape index (κ3) is 4.63. The van der Waals surface area contributed by atoms with Crippen LogP contribution < -0.4 is 15.2 Å². The van der Waals surface area contributed by atoms with Crippen molar-refractivity contribution in [3.8, 4) is 5.75 Å². The molecule has 2 aromatic rings. The molecule has 0 heterocycles. The average molecular weight is 298 g/mol. The first-order valence-electron chi connectivity index (χ1n) is 6.81. The number of benzene rings is 2. The molecule has 0 aliphatic heterocycles. The van der Waals surface area contributed by atoms with Crippen molar-refractivity contribution < 1.29 is 19.4 Å². The van der Waals surface area contributed by atoms with Crippen molar-refractivity contribution in [2.45, 2.75) is 13.3 Å². The Balaban J connectivity index is 1.87. The number of carbonyl (C=O) groups is 2. The van der Waals surface area contributed by atoms with E-state index in [2.05, 4.69) is 5.32 Å². The molecule has 0 aromatic heterocycles. The lowest BCUT2D eigenvalue weighted by molar-refractivity contribution is -0.304. The molecule has 22 heavy (non-hydrogen) atoms. The van der Waals surface area contributed by atoms with Crippen LogP contribution >= 0.6 is 0 Å². The molecule has 5 nitrogen and oxygen atoms in total. The van der Waals surface area contributed by atoms with E-state index in [1.807, 2.05) is 25.1 Å². The van der Waals surface area contributed by atoms with E-state index in [0.29, 0.717) is 17.0 Å². The van der Waals surface area contributed by atoms with Crippen molar-refractivity contribution >= 4 is 17.6 Å². The van der Waals surface area contributed by atoms with Gasteiger partial charge >= 0.3 is 0 Å². The summed E-state index contributed by atoms with van der Waals surface area (Å²) < 4.78 is 5.45. The fourth-order valence-electron chi connectivity index (χ4n) is 1.93. The van der Waals surface area contributed by atoms with E-state index in [4.69, 9.17) is 4.74 Å². The van der Waals surface area contributed by atoms with E-state index in [1.165, 1.54) is 0 Å². The topological polar surface area (TPSA) is 78.5 Å². The minimum atomic E-state index is -1.14. The third-order valence-electron chi connectivity index (χ3n) is 3.04. The summed E-state index contributed by atoms with van der Waals surface area (Å²) in [5.41, 5.74) is 2.16. The molecule has 2 rings (SSSR count). The number of carboxylic acid groups (broad SMARTS) is 1. The lowest BCUT2D eigenvalue weighted by Gasteiger charge is -2.10. The van der Waals surface area contributed by atoms with Gasteiger partial charge in [0.05, 0.1) is 0 Å². The number of aliphatic carboxylic acids is 1. The predicted octanol–water partition coefficient (Wildman–Crippen LogP) is 1.30. The van der Waals surface area contributed by atoms with Gasteiger partial charge < -0.3 is 20.0 Å². The molecule has 0 saturated carbocycles. The number of ether oxygens (including phenoxy) is 1. The van der Waals surface area contributed by atoms with Gasteiger partial charge in [0.1, 0.15) is 5.75 Å². The fourth-order valence-corrected chi connectivity index (χ4v) is 1.93.